The van der Waals surface area contributed by atoms with Gasteiger partial charge in [-0.05, 0) is 19.1 Å². The van der Waals surface area contributed by atoms with E-state index in [0.29, 0.717) is 5.75 Å². The molecular weight excluding hydrogens is 187 g/mol. The second kappa shape index (κ2) is 3.75. The molecule has 0 aromatic heterocycles. The third-order valence-electron chi connectivity index (χ3n) is 1.95. The third kappa shape index (κ3) is 1.90. The van der Waals surface area contributed by atoms with Crippen LogP contribution in [0, 0.1) is 5.82 Å². The van der Waals surface area contributed by atoms with E-state index in [4.69, 9.17) is 4.74 Å². The first kappa shape index (κ1) is 10.7. The van der Waals surface area contributed by atoms with Crippen LogP contribution in [0.5, 0.6) is 5.75 Å². The highest BCUT2D eigenvalue weighted by molar-refractivity contribution is 5.65. The zero-order valence-electron chi connectivity index (χ0n) is 7.95. The van der Waals surface area contributed by atoms with Crippen molar-refractivity contribution in [3.63, 3.8) is 0 Å². The van der Waals surface area contributed by atoms with Crippen molar-refractivity contribution < 1.29 is 19.0 Å². The molecule has 0 amide bonds. The lowest BCUT2D eigenvalue weighted by Gasteiger charge is -2.17. The summed E-state index contributed by atoms with van der Waals surface area (Å²) in [6.45, 7) is 1.23. The van der Waals surface area contributed by atoms with Crippen LogP contribution in [-0.4, -0.2) is 18.5 Å². The smallest absolute Gasteiger partial charge is 0.155 e. The minimum absolute atomic E-state index is 0.0618. The Balaban J connectivity index is 3.18. The Morgan fingerprint density at radius 3 is 2.64 bits per heavy atom. The molecule has 0 spiro atoms. The minimum Gasteiger partial charge on any atom is -0.497 e. The molecule has 0 radical (unpaired) electrons. The summed E-state index contributed by atoms with van der Waals surface area (Å²) in [6.07, 6.45) is 0.290. The van der Waals surface area contributed by atoms with Gasteiger partial charge in [0.15, 0.2) is 6.29 Å². The number of aliphatic hydroxyl groups is 1. The topological polar surface area (TPSA) is 46.5 Å². The number of ether oxygens (including phenoxy) is 1. The number of carbonyl (C=O) groups excluding carboxylic acids is 1. The van der Waals surface area contributed by atoms with Gasteiger partial charge in [-0.1, -0.05) is 0 Å². The van der Waals surface area contributed by atoms with Gasteiger partial charge in [-0.2, -0.15) is 0 Å². The lowest BCUT2D eigenvalue weighted by atomic mass is 9.97. The van der Waals surface area contributed by atoms with E-state index in [1.165, 1.54) is 26.2 Å². The van der Waals surface area contributed by atoms with Crippen molar-refractivity contribution in [3.8, 4) is 5.75 Å². The summed E-state index contributed by atoms with van der Waals surface area (Å²) < 4.78 is 18.1. The normalized spacial score (nSPS) is 14.6. The summed E-state index contributed by atoms with van der Waals surface area (Å²) >= 11 is 0. The van der Waals surface area contributed by atoms with Crippen molar-refractivity contribution in [2.75, 3.05) is 7.11 Å². The highest BCUT2D eigenvalue weighted by atomic mass is 19.1. The SMILES string of the molecule is COc1ccc(C(C)(O)C=O)c(F)c1. The lowest BCUT2D eigenvalue weighted by Crippen LogP contribution is -2.24. The molecule has 0 saturated heterocycles. The van der Waals surface area contributed by atoms with Crippen molar-refractivity contribution >= 4 is 6.29 Å². The fraction of sp³-hybridized carbons (Fsp3) is 0.300. The molecule has 0 saturated carbocycles. The summed E-state index contributed by atoms with van der Waals surface area (Å²) in [5.74, 6) is -0.325. The quantitative estimate of drug-likeness (QED) is 0.743. The maximum atomic E-state index is 13.3. The van der Waals surface area contributed by atoms with Crippen molar-refractivity contribution in [3.05, 3.63) is 29.6 Å². The molecule has 1 rings (SSSR count). The van der Waals surface area contributed by atoms with Crippen LogP contribution in [0.15, 0.2) is 18.2 Å². The first-order valence-corrected chi connectivity index (χ1v) is 4.04. The van der Waals surface area contributed by atoms with E-state index >= 15 is 0 Å². The van der Waals surface area contributed by atoms with Crippen molar-refractivity contribution in [1.82, 2.24) is 0 Å². The number of methoxy groups -OCH3 is 1. The Morgan fingerprint density at radius 1 is 1.57 bits per heavy atom. The molecule has 4 heteroatoms. The molecule has 0 fully saturated rings. The predicted molar refractivity (Wildman–Crippen MR) is 48.6 cm³/mol. The Bertz CT molecular complexity index is 347. The number of benzene rings is 1. The van der Waals surface area contributed by atoms with Crippen LogP contribution in [0.2, 0.25) is 0 Å². The van der Waals surface area contributed by atoms with Crippen molar-refractivity contribution in [1.29, 1.82) is 0 Å². The van der Waals surface area contributed by atoms with Crippen LogP contribution >= 0.6 is 0 Å². The number of rotatable bonds is 3. The number of aldehydes is 1. The molecule has 1 aromatic carbocycles. The molecule has 14 heavy (non-hydrogen) atoms. The molecular formula is C10H11FO3. The molecule has 0 aliphatic carbocycles. The summed E-state index contributed by atoms with van der Waals surface area (Å²) in [6, 6.07) is 3.92. The van der Waals surface area contributed by atoms with Crippen molar-refractivity contribution in [2.45, 2.75) is 12.5 Å². The van der Waals surface area contributed by atoms with E-state index in [2.05, 4.69) is 0 Å². The fourth-order valence-electron chi connectivity index (χ4n) is 1.10. The monoisotopic (exact) mass is 198 g/mol. The maximum Gasteiger partial charge on any atom is 0.155 e. The molecule has 0 bridgehead atoms. The van der Waals surface area contributed by atoms with Gasteiger partial charge < -0.3 is 9.84 Å². The standard InChI is InChI=1S/C10H11FO3/c1-10(13,6-12)8-4-3-7(14-2)5-9(8)11/h3-6,13H,1-2H3. The second-order valence-corrected chi connectivity index (χ2v) is 3.11. The fourth-order valence-corrected chi connectivity index (χ4v) is 1.10. The van der Waals surface area contributed by atoms with Crippen LogP contribution in [0.25, 0.3) is 0 Å². The third-order valence-corrected chi connectivity index (χ3v) is 1.95. The van der Waals surface area contributed by atoms with Gasteiger partial charge in [0.25, 0.3) is 0 Å². The molecule has 1 atom stereocenters. The summed E-state index contributed by atoms with van der Waals surface area (Å²) in [5, 5.41) is 9.49. The van der Waals surface area contributed by atoms with E-state index < -0.39 is 11.4 Å². The average molecular weight is 198 g/mol. The van der Waals surface area contributed by atoms with Gasteiger partial charge in [-0.3, -0.25) is 4.79 Å². The van der Waals surface area contributed by atoms with Crippen molar-refractivity contribution in [2.24, 2.45) is 0 Å². The Labute approximate surface area is 81.1 Å². The number of hydrogen-bond donors (Lipinski definition) is 1. The number of halogens is 1. The molecule has 76 valence electrons. The van der Waals surface area contributed by atoms with Gasteiger partial charge in [0, 0.05) is 11.6 Å². The Morgan fingerprint density at radius 2 is 2.21 bits per heavy atom. The maximum absolute atomic E-state index is 13.3. The highest BCUT2D eigenvalue weighted by Gasteiger charge is 2.25. The van der Waals surface area contributed by atoms with Gasteiger partial charge in [0.2, 0.25) is 0 Å². The van der Waals surface area contributed by atoms with E-state index in [0.717, 1.165) is 6.07 Å². The molecule has 3 nitrogen and oxygen atoms in total. The summed E-state index contributed by atoms with van der Waals surface area (Å²) in [7, 11) is 1.41. The van der Waals surface area contributed by atoms with Gasteiger partial charge in [0.05, 0.1) is 7.11 Å². The molecule has 0 heterocycles. The van der Waals surface area contributed by atoms with Crippen LogP contribution < -0.4 is 4.74 Å². The van der Waals surface area contributed by atoms with Crippen LogP contribution in [0.4, 0.5) is 4.39 Å². The summed E-state index contributed by atoms with van der Waals surface area (Å²) in [4.78, 5) is 10.5. The number of carbonyl (C=O) groups is 1. The molecule has 1 N–H and O–H groups in total. The summed E-state index contributed by atoms with van der Waals surface area (Å²) in [5.41, 5.74) is -1.86. The van der Waals surface area contributed by atoms with E-state index in [1.54, 1.807) is 0 Å². The van der Waals surface area contributed by atoms with Crippen LogP contribution in [0.1, 0.15) is 12.5 Å². The lowest BCUT2D eigenvalue weighted by molar-refractivity contribution is -0.123. The zero-order valence-corrected chi connectivity index (χ0v) is 7.95. The van der Waals surface area contributed by atoms with Crippen LogP contribution in [0.3, 0.4) is 0 Å². The van der Waals surface area contributed by atoms with Gasteiger partial charge in [-0.15, -0.1) is 0 Å². The molecule has 0 aliphatic rings. The molecule has 0 aliphatic heterocycles. The Hall–Kier alpha value is -1.42. The Kier molecular flexibility index (Phi) is 2.86. The van der Waals surface area contributed by atoms with Gasteiger partial charge in [0.1, 0.15) is 17.2 Å². The molecule has 1 unspecified atom stereocenters. The molecule has 1 aromatic rings. The van der Waals surface area contributed by atoms with E-state index in [1.807, 2.05) is 0 Å². The first-order chi connectivity index (χ1) is 6.51. The average Bonchev–Trinajstić information content (AvgIpc) is 2.17. The van der Waals surface area contributed by atoms with Crippen LogP contribution in [-0.2, 0) is 10.4 Å². The van der Waals surface area contributed by atoms with Gasteiger partial charge >= 0.3 is 0 Å². The zero-order chi connectivity index (χ0) is 10.8. The highest BCUT2D eigenvalue weighted by Crippen LogP contribution is 2.24. The van der Waals surface area contributed by atoms with Gasteiger partial charge in [-0.25, -0.2) is 4.39 Å². The largest absolute Gasteiger partial charge is 0.497 e. The number of hydrogen-bond acceptors (Lipinski definition) is 3. The predicted octanol–water partition coefficient (Wildman–Crippen LogP) is 1.24. The second-order valence-electron chi connectivity index (χ2n) is 3.11. The minimum atomic E-state index is -1.80. The van der Waals surface area contributed by atoms with E-state index in [9.17, 15) is 14.3 Å². The van der Waals surface area contributed by atoms with E-state index in [-0.39, 0.29) is 11.8 Å². The first-order valence-electron chi connectivity index (χ1n) is 4.04.